The van der Waals surface area contributed by atoms with E-state index in [1.165, 1.54) is 5.56 Å². The van der Waals surface area contributed by atoms with Gasteiger partial charge in [-0.1, -0.05) is 18.2 Å². The number of benzene rings is 2. The lowest BCUT2D eigenvalue weighted by Crippen LogP contribution is -2.12. The maximum absolute atomic E-state index is 5.93. The van der Waals surface area contributed by atoms with Gasteiger partial charge in [-0.2, -0.15) is 0 Å². The monoisotopic (exact) mass is 397 g/mol. The maximum Gasteiger partial charge on any atom is 0.147 e. The van der Waals surface area contributed by atoms with Crippen molar-refractivity contribution in [2.45, 2.75) is 5.92 Å². The molecule has 1 unspecified atom stereocenters. The molecular formula is C15H13Br2NO2. The van der Waals surface area contributed by atoms with Crippen LogP contribution in [0, 0.1) is 0 Å². The Labute approximate surface area is 134 Å². The molecule has 2 N–H and O–H groups in total. The third-order valence-corrected chi connectivity index (χ3v) is 4.43. The van der Waals surface area contributed by atoms with E-state index >= 15 is 0 Å². The van der Waals surface area contributed by atoms with Crippen LogP contribution >= 0.6 is 31.9 Å². The Morgan fingerprint density at radius 1 is 1.20 bits per heavy atom. The minimum Gasteiger partial charge on any atom is -0.493 e. The number of anilines is 1. The van der Waals surface area contributed by atoms with Crippen LogP contribution in [0.4, 0.5) is 5.69 Å². The van der Waals surface area contributed by atoms with E-state index in [2.05, 4.69) is 37.9 Å². The first-order chi connectivity index (χ1) is 9.65. The first kappa shape index (κ1) is 13.8. The van der Waals surface area contributed by atoms with Gasteiger partial charge in [0.15, 0.2) is 0 Å². The van der Waals surface area contributed by atoms with Gasteiger partial charge in [0.2, 0.25) is 0 Å². The van der Waals surface area contributed by atoms with Crippen LogP contribution in [0.25, 0.3) is 0 Å². The van der Waals surface area contributed by atoms with Crippen LogP contribution in [0.1, 0.15) is 11.5 Å². The smallest absolute Gasteiger partial charge is 0.147 e. The number of ether oxygens (including phenoxy) is 2. The summed E-state index contributed by atoms with van der Waals surface area (Å²) in [5.41, 5.74) is 7.66. The van der Waals surface area contributed by atoms with Crippen LogP contribution in [0.15, 0.2) is 45.3 Å². The van der Waals surface area contributed by atoms with Crippen molar-refractivity contribution in [1.82, 2.24) is 0 Å². The predicted octanol–water partition coefficient (Wildman–Crippen LogP) is 4.35. The lowest BCUT2D eigenvalue weighted by molar-refractivity contribution is 0.246. The zero-order valence-corrected chi connectivity index (χ0v) is 13.8. The van der Waals surface area contributed by atoms with Crippen molar-refractivity contribution in [3.05, 3.63) is 50.9 Å². The topological polar surface area (TPSA) is 44.5 Å². The molecule has 1 heterocycles. The number of para-hydroxylation sites is 1. The van der Waals surface area contributed by atoms with Crippen LogP contribution in [0.3, 0.4) is 0 Å². The highest BCUT2D eigenvalue weighted by atomic mass is 79.9. The van der Waals surface area contributed by atoms with E-state index in [9.17, 15) is 0 Å². The quantitative estimate of drug-likeness (QED) is 0.781. The molecule has 0 aliphatic carbocycles. The summed E-state index contributed by atoms with van der Waals surface area (Å²) in [6, 6.07) is 11.7. The van der Waals surface area contributed by atoms with Crippen LogP contribution in [-0.4, -0.2) is 13.2 Å². The van der Waals surface area contributed by atoms with E-state index in [-0.39, 0.29) is 5.92 Å². The first-order valence-electron chi connectivity index (χ1n) is 6.24. The van der Waals surface area contributed by atoms with Gasteiger partial charge < -0.3 is 15.2 Å². The van der Waals surface area contributed by atoms with Crippen molar-refractivity contribution in [3.63, 3.8) is 0 Å². The molecule has 104 valence electrons. The molecule has 3 rings (SSSR count). The minimum absolute atomic E-state index is 0.252. The van der Waals surface area contributed by atoms with E-state index in [0.717, 1.165) is 20.4 Å². The minimum atomic E-state index is 0.252. The van der Waals surface area contributed by atoms with E-state index in [0.29, 0.717) is 18.9 Å². The molecule has 2 aromatic carbocycles. The van der Waals surface area contributed by atoms with Crippen molar-refractivity contribution >= 4 is 37.5 Å². The Morgan fingerprint density at radius 2 is 1.90 bits per heavy atom. The summed E-state index contributed by atoms with van der Waals surface area (Å²) in [5.74, 6) is 1.97. The summed E-state index contributed by atoms with van der Waals surface area (Å²) in [4.78, 5) is 0. The van der Waals surface area contributed by atoms with Gasteiger partial charge in [0.05, 0.1) is 28.1 Å². The van der Waals surface area contributed by atoms with Gasteiger partial charge in [-0.3, -0.25) is 0 Å². The second kappa shape index (κ2) is 5.66. The lowest BCUT2D eigenvalue weighted by atomic mass is 10.0. The van der Waals surface area contributed by atoms with E-state index < -0.39 is 0 Å². The van der Waals surface area contributed by atoms with Crippen molar-refractivity contribution in [3.8, 4) is 11.5 Å². The summed E-state index contributed by atoms with van der Waals surface area (Å²) in [6.07, 6.45) is 0. The van der Waals surface area contributed by atoms with Gasteiger partial charge >= 0.3 is 0 Å². The largest absolute Gasteiger partial charge is 0.493 e. The second-order valence-corrected chi connectivity index (χ2v) is 6.38. The van der Waals surface area contributed by atoms with Crippen LogP contribution < -0.4 is 15.2 Å². The van der Waals surface area contributed by atoms with Gasteiger partial charge in [-0.15, -0.1) is 0 Å². The zero-order valence-electron chi connectivity index (χ0n) is 10.6. The zero-order chi connectivity index (χ0) is 14.1. The Morgan fingerprint density at radius 3 is 2.65 bits per heavy atom. The fraction of sp³-hybridized carbons (Fsp3) is 0.200. The number of hydrogen-bond donors (Lipinski definition) is 1. The molecule has 0 aromatic heterocycles. The first-order valence-corrected chi connectivity index (χ1v) is 7.83. The molecule has 20 heavy (non-hydrogen) atoms. The summed E-state index contributed by atoms with van der Waals surface area (Å²) < 4.78 is 13.3. The summed E-state index contributed by atoms with van der Waals surface area (Å²) in [6.45, 7) is 1.22. The van der Waals surface area contributed by atoms with Crippen LogP contribution in [0.5, 0.6) is 11.5 Å². The van der Waals surface area contributed by atoms with Crippen molar-refractivity contribution in [2.24, 2.45) is 0 Å². The standard InChI is InChI=1S/C15H13Br2NO2/c16-12-5-10(18)6-13(17)15(12)20-8-9-7-19-14-4-2-1-3-11(9)14/h1-6,9H,7-8,18H2. The predicted molar refractivity (Wildman–Crippen MR) is 86.4 cm³/mol. The van der Waals surface area contributed by atoms with Gasteiger partial charge in [-0.25, -0.2) is 0 Å². The summed E-state index contributed by atoms with van der Waals surface area (Å²) >= 11 is 6.95. The Kier molecular flexibility index (Phi) is 3.89. The number of nitrogen functional groups attached to an aromatic ring is 1. The highest BCUT2D eigenvalue weighted by molar-refractivity contribution is 9.11. The van der Waals surface area contributed by atoms with E-state index in [1.54, 1.807) is 0 Å². The molecule has 0 saturated carbocycles. The molecule has 0 bridgehead atoms. The maximum atomic E-state index is 5.93. The van der Waals surface area contributed by atoms with Crippen LogP contribution in [0.2, 0.25) is 0 Å². The third-order valence-electron chi connectivity index (χ3n) is 3.25. The molecule has 0 amide bonds. The van der Waals surface area contributed by atoms with Crippen LogP contribution in [-0.2, 0) is 0 Å². The van der Waals surface area contributed by atoms with Crippen molar-refractivity contribution in [2.75, 3.05) is 18.9 Å². The molecule has 3 nitrogen and oxygen atoms in total. The van der Waals surface area contributed by atoms with Gasteiger partial charge in [0.25, 0.3) is 0 Å². The van der Waals surface area contributed by atoms with Gasteiger partial charge in [0.1, 0.15) is 11.5 Å². The molecule has 1 aliphatic rings. The fourth-order valence-corrected chi connectivity index (χ4v) is 3.72. The number of fused-ring (bicyclic) bond motifs is 1. The highest BCUT2D eigenvalue weighted by Crippen LogP contribution is 2.38. The number of rotatable bonds is 3. The fourth-order valence-electron chi connectivity index (χ4n) is 2.27. The molecule has 0 radical (unpaired) electrons. The Balaban J connectivity index is 1.76. The van der Waals surface area contributed by atoms with Gasteiger partial charge in [0, 0.05) is 11.3 Å². The summed E-state index contributed by atoms with van der Waals surface area (Å²) in [7, 11) is 0. The highest BCUT2D eigenvalue weighted by Gasteiger charge is 2.24. The number of nitrogens with two attached hydrogens (primary N) is 1. The average Bonchev–Trinajstić information content (AvgIpc) is 2.81. The average molecular weight is 399 g/mol. The molecule has 1 aliphatic heterocycles. The molecule has 5 heteroatoms. The SMILES string of the molecule is Nc1cc(Br)c(OCC2COc3ccccc32)c(Br)c1. The molecule has 0 fully saturated rings. The number of hydrogen-bond acceptors (Lipinski definition) is 3. The third kappa shape index (κ3) is 2.65. The van der Waals surface area contributed by atoms with E-state index in [1.807, 2.05) is 30.3 Å². The normalized spacial score (nSPS) is 16.6. The summed E-state index contributed by atoms with van der Waals surface area (Å²) in [5, 5.41) is 0. The molecule has 1 atom stereocenters. The second-order valence-electron chi connectivity index (χ2n) is 4.67. The van der Waals surface area contributed by atoms with Gasteiger partial charge in [-0.05, 0) is 50.1 Å². The molecule has 2 aromatic rings. The molecule has 0 spiro atoms. The number of halogens is 2. The molecule has 0 saturated heterocycles. The van der Waals surface area contributed by atoms with Crippen molar-refractivity contribution < 1.29 is 9.47 Å². The van der Waals surface area contributed by atoms with E-state index in [4.69, 9.17) is 15.2 Å². The van der Waals surface area contributed by atoms with Crippen molar-refractivity contribution in [1.29, 1.82) is 0 Å². The Hall–Kier alpha value is -1.20. The lowest BCUT2D eigenvalue weighted by Gasteiger charge is -2.14. The molecular weight excluding hydrogens is 386 g/mol. The Bertz CT molecular complexity index is 623.